The van der Waals surface area contributed by atoms with E-state index in [9.17, 15) is 9.59 Å². The van der Waals surface area contributed by atoms with Crippen LogP contribution in [0.3, 0.4) is 0 Å². The van der Waals surface area contributed by atoms with Gasteiger partial charge in [-0.25, -0.2) is 0 Å². The number of carbonyl (C=O) groups is 2. The number of para-hydroxylation sites is 1. The minimum Gasteiger partial charge on any atom is -0.484 e. The Labute approximate surface area is 217 Å². The van der Waals surface area contributed by atoms with Gasteiger partial charge in [0.2, 0.25) is 5.91 Å². The van der Waals surface area contributed by atoms with Crippen LogP contribution in [0.15, 0.2) is 84.9 Å². The first-order chi connectivity index (χ1) is 17.6. The van der Waals surface area contributed by atoms with Crippen molar-refractivity contribution in [3.05, 3.63) is 101 Å². The molecule has 6 nitrogen and oxygen atoms in total. The zero-order valence-electron chi connectivity index (χ0n) is 20.1. The van der Waals surface area contributed by atoms with E-state index >= 15 is 0 Å². The third kappa shape index (κ3) is 7.57. The minimum absolute atomic E-state index is 0.00755. The Bertz CT molecular complexity index is 1100. The van der Waals surface area contributed by atoms with Crippen molar-refractivity contribution >= 4 is 23.4 Å². The van der Waals surface area contributed by atoms with Gasteiger partial charge in [0.05, 0.1) is 6.10 Å². The summed E-state index contributed by atoms with van der Waals surface area (Å²) < 4.78 is 11.4. The molecule has 36 heavy (non-hydrogen) atoms. The molecule has 4 rings (SSSR count). The predicted octanol–water partition coefficient (Wildman–Crippen LogP) is 4.65. The van der Waals surface area contributed by atoms with Gasteiger partial charge in [0, 0.05) is 31.1 Å². The van der Waals surface area contributed by atoms with E-state index in [4.69, 9.17) is 21.1 Å². The van der Waals surface area contributed by atoms with E-state index in [1.54, 1.807) is 29.2 Å². The number of rotatable bonds is 11. The predicted molar refractivity (Wildman–Crippen MR) is 140 cm³/mol. The van der Waals surface area contributed by atoms with Gasteiger partial charge >= 0.3 is 0 Å². The molecule has 1 aliphatic rings. The van der Waals surface area contributed by atoms with Gasteiger partial charge < -0.3 is 19.7 Å². The lowest BCUT2D eigenvalue weighted by Gasteiger charge is -2.31. The van der Waals surface area contributed by atoms with Crippen molar-refractivity contribution in [3.8, 4) is 5.75 Å². The molecule has 2 atom stereocenters. The molecule has 3 aromatic carbocycles. The number of carbonyl (C=O) groups excluding carboxylic acids is 2. The first-order valence-corrected chi connectivity index (χ1v) is 12.6. The summed E-state index contributed by atoms with van der Waals surface area (Å²) in [6.07, 6.45) is 2.30. The molecule has 1 saturated heterocycles. The van der Waals surface area contributed by atoms with Crippen molar-refractivity contribution in [1.82, 2.24) is 10.2 Å². The molecule has 3 aromatic rings. The van der Waals surface area contributed by atoms with Gasteiger partial charge in [-0.2, -0.15) is 0 Å². The number of ether oxygens (including phenoxy) is 2. The van der Waals surface area contributed by atoms with E-state index in [0.717, 1.165) is 24.0 Å². The van der Waals surface area contributed by atoms with Crippen LogP contribution < -0.4 is 10.1 Å². The monoisotopic (exact) mass is 506 g/mol. The Morgan fingerprint density at radius 3 is 2.33 bits per heavy atom. The molecule has 1 N–H and O–H groups in total. The van der Waals surface area contributed by atoms with Crippen LogP contribution in [0.5, 0.6) is 5.75 Å². The highest BCUT2D eigenvalue weighted by Crippen LogP contribution is 2.18. The second kappa shape index (κ2) is 13.1. The second-order valence-corrected chi connectivity index (χ2v) is 9.27. The summed E-state index contributed by atoms with van der Waals surface area (Å²) in [6, 6.07) is 25.5. The summed E-state index contributed by atoms with van der Waals surface area (Å²) in [5, 5.41) is 3.64. The normalized spacial score (nSPS) is 15.8. The quantitative estimate of drug-likeness (QED) is 0.411. The smallest absolute Gasteiger partial charge is 0.261 e. The summed E-state index contributed by atoms with van der Waals surface area (Å²) >= 11 is 6.08. The molecule has 0 aromatic heterocycles. The topological polar surface area (TPSA) is 67.9 Å². The Balaban J connectivity index is 1.57. The SMILES string of the molecule is O=C(NC[C@@H]1CCCO1)[C@H](Cc1ccccc1)N(Cc1ccc(Cl)cc1)C(=O)COc1ccccc1. The zero-order valence-corrected chi connectivity index (χ0v) is 20.9. The molecule has 0 aliphatic carbocycles. The average Bonchev–Trinajstić information content (AvgIpc) is 3.44. The van der Waals surface area contributed by atoms with Gasteiger partial charge in [-0.3, -0.25) is 9.59 Å². The minimum atomic E-state index is -0.726. The van der Waals surface area contributed by atoms with Gasteiger partial charge in [-0.1, -0.05) is 72.3 Å². The van der Waals surface area contributed by atoms with Crippen LogP contribution in [0, 0.1) is 0 Å². The van der Waals surface area contributed by atoms with Gasteiger partial charge in [-0.15, -0.1) is 0 Å². The molecule has 0 radical (unpaired) electrons. The number of nitrogens with one attached hydrogen (secondary N) is 1. The van der Waals surface area contributed by atoms with E-state index in [-0.39, 0.29) is 31.1 Å². The first-order valence-electron chi connectivity index (χ1n) is 12.2. The second-order valence-electron chi connectivity index (χ2n) is 8.84. The molecule has 1 fully saturated rings. The van der Waals surface area contributed by atoms with E-state index in [1.165, 1.54) is 0 Å². The first kappa shape index (κ1) is 25.7. The number of nitrogens with zero attached hydrogens (tertiary/aromatic N) is 1. The summed E-state index contributed by atoms with van der Waals surface area (Å²) in [7, 11) is 0. The van der Waals surface area contributed by atoms with Crippen LogP contribution in [-0.2, 0) is 27.3 Å². The lowest BCUT2D eigenvalue weighted by molar-refractivity contribution is -0.143. The highest BCUT2D eigenvalue weighted by atomic mass is 35.5. The number of hydrogen-bond acceptors (Lipinski definition) is 4. The third-order valence-electron chi connectivity index (χ3n) is 6.17. The lowest BCUT2D eigenvalue weighted by atomic mass is 10.0. The zero-order chi connectivity index (χ0) is 25.2. The molecule has 0 saturated carbocycles. The van der Waals surface area contributed by atoms with Crippen LogP contribution in [0.2, 0.25) is 5.02 Å². The fraction of sp³-hybridized carbons (Fsp3) is 0.310. The summed E-state index contributed by atoms with van der Waals surface area (Å²) in [5.74, 6) is 0.109. The van der Waals surface area contributed by atoms with Crippen molar-refractivity contribution in [2.45, 2.75) is 38.0 Å². The lowest BCUT2D eigenvalue weighted by Crippen LogP contribution is -2.52. The van der Waals surface area contributed by atoms with E-state index in [0.29, 0.717) is 30.3 Å². The molecule has 2 amide bonds. The molecular formula is C29H31ClN2O4. The Hall–Kier alpha value is -3.35. The highest BCUT2D eigenvalue weighted by molar-refractivity contribution is 6.30. The van der Waals surface area contributed by atoms with Crippen molar-refractivity contribution in [2.75, 3.05) is 19.8 Å². The molecule has 1 aliphatic heterocycles. The number of hydrogen-bond donors (Lipinski definition) is 1. The summed E-state index contributed by atoms with van der Waals surface area (Å²) in [6.45, 7) is 1.21. The Kier molecular flexibility index (Phi) is 9.36. The summed E-state index contributed by atoms with van der Waals surface area (Å²) in [4.78, 5) is 28.7. The van der Waals surface area contributed by atoms with Gasteiger partial charge in [0.15, 0.2) is 6.61 Å². The van der Waals surface area contributed by atoms with Crippen molar-refractivity contribution < 1.29 is 19.1 Å². The molecule has 0 unspecified atom stereocenters. The average molecular weight is 507 g/mol. The van der Waals surface area contributed by atoms with Crippen LogP contribution in [-0.4, -0.2) is 48.6 Å². The Morgan fingerprint density at radius 1 is 0.972 bits per heavy atom. The fourth-order valence-electron chi connectivity index (χ4n) is 4.22. The third-order valence-corrected chi connectivity index (χ3v) is 6.42. The highest BCUT2D eigenvalue weighted by Gasteiger charge is 2.31. The Morgan fingerprint density at radius 2 is 1.67 bits per heavy atom. The van der Waals surface area contributed by atoms with Gasteiger partial charge in [0.1, 0.15) is 11.8 Å². The molecule has 0 bridgehead atoms. The maximum atomic E-state index is 13.6. The van der Waals surface area contributed by atoms with E-state index < -0.39 is 6.04 Å². The number of benzene rings is 3. The van der Waals surface area contributed by atoms with Gasteiger partial charge in [0.25, 0.3) is 5.91 Å². The largest absolute Gasteiger partial charge is 0.484 e. The van der Waals surface area contributed by atoms with E-state index in [1.807, 2.05) is 60.7 Å². The molecular weight excluding hydrogens is 476 g/mol. The maximum absolute atomic E-state index is 13.6. The molecule has 7 heteroatoms. The van der Waals surface area contributed by atoms with Crippen molar-refractivity contribution in [1.29, 1.82) is 0 Å². The van der Waals surface area contributed by atoms with Crippen LogP contribution >= 0.6 is 11.6 Å². The van der Waals surface area contributed by atoms with Crippen LogP contribution in [0.1, 0.15) is 24.0 Å². The standard InChI is InChI=1S/C29H31ClN2O4/c30-24-15-13-23(14-16-24)20-32(28(33)21-36-25-10-5-2-6-11-25)27(18-22-8-3-1-4-9-22)29(34)31-19-26-12-7-17-35-26/h1-6,8-11,13-16,26-27H,7,12,17-21H2,(H,31,34)/t26-,27-/m0/s1. The molecule has 188 valence electrons. The molecule has 0 spiro atoms. The van der Waals surface area contributed by atoms with Crippen molar-refractivity contribution in [3.63, 3.8) is 0 Å². The van der Waals surface area contributed by atoms with Crippen LogP contribution in [0.25, 0.3) is 0 Å². The summed E-state index contributed by atoms with van der Waals surface area (Å²) in [5.41, 5.74) is 1.84. The maximum Gasteiger partial charge on any atom is 0.261 e. The van der Waals surface area contributed by atoms with Gasteiger partial charge in [-0.05, 0) is 48.2 Å². The number of halogens is 1. The fourth-order valence-corrected chi connectivity index (χ4v) is 4.35. The van der Waals surface area contributed by atoms with Crippen LogP contribution in [0.4, 0.5) is 0 Å². The molecule has 1 heterocycles. The van der Waals surface area contributed by atoms with E-state index in [2.05, 4.69) is 5.32 Å². The van der Waals surface area contributed by atoms with Crippen molar-refractivity contribution in [2.24, 2.45) is 0 Å². The number of amides is 2.